The maximum Gasteiger partial charge on any atom is 0.306 e. The third kappa shape index (κ3) is 2.45. The Kier molecular flexibility index (Phi) is 3.55. The summed E-state index contributed by atoms with van der Waals surface area (Å²) in [5, 5.41) is 8.88. The molecule has 1 heterocycles. The minimum Gasteiger partial charge on any atom is -0.481 e. The summed E-state index contributed by atoms with van der Waals surface area (Å²) >= 11 is 0. The van der Waals surface area contributed by atoms with Crippen LogP contribution in [0.15, 0.2) is 18.2 Å². The Morgan fingerprint density at radius 3 is 2.63 bits per heavy atom. The molecule has 5 heteroatoms. The average molecular weight is 265 g/mol. The lowest BCUT2D eigenvalue weighted by Crippen LogP contribution is -2.53. The van der Waals surface area contributed by atoms with E-state index < -0.39 is 17.7 Å². The number of halogens is 1. The maximum absolute atomic E-state index is 13.8. The van der Waals surface area contributed by atoms with Gasteiger partial charge in [0.1, 0.15) is 5.82 Å². The Morgan fingerprint density at radius 2 is 2.05 bits per heavy atom. The molecule has 4 nitrogen and oxygen atoms in total. The number of amides is 1. The lowest BCUT2D eigenvalue weighted by molar-refractivity contribution is -0.144. The molecule has 0 bridgehead atoms. The molecule has 1 amide bonds. The van der Waals surface area contributed by atoms with E-state index in [4.69, 9.17) is 5.11 Å². The Labute approximate surface area is 110 Å². The fourth-order valence-corrected chi connectivity index (χ4v) is 2.18. The lowest BCUT2D eigenvalue weighted by Gasteiger charge is -2.41. The van der Waals surface area contributed by atoms with Crippen molar-refractivity contribution in [1.82, 2.24) is 4.90 Å². The second kappa shape index (κ2) is 4.99. The highest BCUT2D eigenvalue weighted by molar-refractivity contribution is 5.95. The van der Waals surface area contributed by atoms with Gasteiger partial charge in [-0.3, -0.25) is 9.59 Å². The number of hydrogen-bond donors (Lipinski definition) is 1. The van der Waals surface area contributed by atoms with Crippen LogP contribution in [0.25, 0.3) is 0 Å². The second-order valence-corrected chi connectivity index (χ2v) is 5.03. The van der Waals surface area contributed by atoms with Crippen LogP contribution in [0.4, 0.5) is 4.39 Å². The van der Waals surface area contributed by atoms with E-state index >= 15 is 0 Å². The van der Waals surface area contributed by atoms with Crippen LogP contribution in [0.5, 0.6) is 0 Å². The van der Waals surface area contributed by atoms with Crippen molar-refractivity contribution in [3.63, 3.8) is 0 Å². The molecule has 1 aromatic carbocycles. The normalized spacial score (nSPS) is 16.9. The van der Waals surface area contributed by atoms with Crippen molar-refractivity contribution in [2.45, 2.75) is 13.8 Å². The monoisotopic (exact) mass is 265 g/mol. The van der Waals surface area contributed by atoms with Gasteiger partial charge in [-0.1, -0.05) is 19.1 Å². The van der Waals surface area contributed by atoms with Gasteiger partial charge in [0, 0.05) is 19.0 Å². The molecule has 1 unspecified atom stereocenters. The minimum atomic E-state index is -0.862. The van der Waals surface area contributed by atoms with Crippen LogP contribution >= 0.6 is 0 Å². The van der Waals surface area contributed by atoms with E-state index in [1.165, 1.54) is 11.0 Å². The van der Waals surface area contributed by atoms with Gasteiger partial charge in [-0.25, -0.2) is 4.39 Å². The summed E-state index contributed by atoms with van der Waals surface area (Å²) < 4.78 is 13.8. The van der Waals surface area contributed by atoms with Crippen LogP contribution in [0, 0.1) is 24.6 Å². The number of carboxylic acid groups (broad SMARTS) is 1. The lowest BCUT2D eigenvalue weighted by atomic mass is 9.86. The molecule has 1 fully saturated rings. The first-order chi connectivity index (χ1) is 8.91. The van der Waals surface area contributed by atoms with Gasteiger partial charge in [0.05, 0.1) is 11.5 Å². The van der Waals surface area contributed by atoms with E-state index in [2.05, 4.69) is 0 Å². The summed E-state index contributed by atoms with van der Waals surface area (Å²) in [4.78, 5) is 24.4. The molecule has 0 radical (unpaired) electrons. The van der Waals surface area contributed by atoms with Crippen molar-refractivity contribution in [2.75, 3.05) is 13.1 Å². The first-order valence-electron chi connectivity index (χ1n) is 6.19. The Morgan fingerprint density at radius 1 is 1.42 bits per heavy atom. The Hall–Kier alpha value is -1.91. The smallest absolute Gasteiger partial charge is 0.306 e. The van der Waals surface area contributed by atoms with E-state index in [0.717, 1.165) is 0 Å². The van der Waals surface area contributed by atoms with Gasteiger partial charge < -0.3 is 10.0 Å². The summed E-state index contributed by atoms with van der Waals surface area (Å²) in [6.45, 7) is 3.99. The maximum atomic E-state index is 13.8. The number of carboxylic acids is 1. The van der Waals surface area contributed by atoms with Crippen LogP contribution in [-0.2, 0) is 4.79 Å². The number of aliphatic carboxylic acids is 1. The highest BCUT2D eigenvalue weighted by Crippen LogP contribution is 2.26. The minimum absolute atomic E-state index is 0.0469. The van der Waals surface area contributed by atoms with Crippen molar-refractivity contribution in [1.29, 1.82) is 0 Å². The summed E-state index contributed by atoms with van der Waals surface area (Å²) in [7, 11) is 0. The topological polar surface area (TPSA) is 57.6 Å². The number of rotatable bonds is 3. The molecule has 2 rings (SSSR count). The SMILES string of the molecule is Cc1cccc(C(=O)N2CC(C(C)C(=O)O)C2)c1F. The molecule has 1 atom stereocenters. The predicted octanol–water partition coefficient (Wildman–Crippen LogP) is 1.93. The quantitative estimate of drug-likeness (QED) is 0.908. The van der Waals surface area contributed by atoms with Crippen LogP contribution in [0.2, 0.25) is 0 Å². The third-order valence-electron chi connectivity index (χ3n) is 3.72. The van der Waals surface area contributed by atoms with Crippen molar-refractivity contribution < 1.29 is 19.1 Å². The number of nitrogens with zero attached hydrogens (tertiary/aromatic N) is 1. The van der Waals surface area contributed by atoms with Crippen LogP contribution in [0.1, 0.15) is 22.8 Å². The molecule has 102 valence electrons. The molecule has 0 saturated carbocycles. The van der Waals surface area contributed by atoms with Gasteiger partial charge in [-0.05, 0) is 18.6 Å². The molecule has 1 saturated heterocycles. The fourth-order valence-electron chi connectivity index (χ4n) is 2.18. The molecule has 0 aliphatic carbocycles. The first kappa shape index (κ1) is 13.5. The molecule has 1 aromatic rings. The molecule has 0 spiro atoms. The number of benzene rings is 1. The molecule has 1 aliphatic heterocycles. The number of likely N-dealkylation sites (tertiary alicyclic amines) is 1. The predicted molar refractivity (Wildman–Crippen MR) is 67.3 cm³/mol. The number of carbonyl (C=O) groups is 2. The van der Waals surface area contributed by atoms with Gasteiger partial charge in [0.2, 0.25) is 0 Å². The highest BCUT2D eigenvalue weighted by atomic mass is 19.1. The van der Waals surface area contributed by atoms with Gasteiger partial charge in [0.25, 0.3) is 5.91 Å². The standard InChI is InChI=1S/C14H16FNO3/c1-8-4-3-5-11(12(8)15)13(17)16-6-10(7-16)9(2)14(18)19/h3-5,9-10H,6-7H2,1-2H3,(H,18,19). The molecule has 1 N–H and O–H groups in total. The van der Waals surface area contributed by atoms with E-state index in [0.29, 0.717) is 18.7 Å². The summed E-state index contributed by atoms with van der Waals surface area (Å²) in [6.07, 6.45) is 0. The van der Waals surface area contributed by atoms with E-state index in [-0.39, 0.29) is 17.4 Å². The van der Waals surface area contributed by atoms with Crippen molar-refractivity contribution >= 4 is 11.9 Å². The molecular weight excluding hydrogens is 249 g/mol. The first-order valence-corrected chi connectivity index (χ1v) is 6.19. The molecular formula is C14H16FNO3. The van der Waals surface area contributed by atoms with Gasteiger partial charge >= 0.3 is 5.97 Å². The summed E-state index contributed by atoms with van der Waals surface area (Å²) in [5.74, 6) is -2.25. The van der Waals surface area contributed by atoms with Crippen LogP contribution < -0.4 is 0 Å². The zero-order chi connectivity index (χ0) is 14.2. The van der Waals surface area contributed by atoms with Gasteiger partial charge in [0.15, 0.2) is 0 Å². The van der Waals surface area contributed by atoms with E-state index in [9.17, 15) is 14.0 Å². The Balaban J connectivity index is 2.04. The van der Waals surface area contributed by atoms with E-state index in [1.807, 2.05) is 0 Å². The second-order valence-electron chi connectivity index (χ2n) is 5.03. The van der Waals surface area contributed by atoms with Crippen LogP contribution in [0.3, 0.4) is 0 Å². The fraction of sp³-hybridized carbons (Fsp3) is 0.429. The number of hydrogen-bond acceptors (Lipinski definition) is 2. The zero-order valence-electron chi connectivity index (χ0n) is 10.9. The van der Waals surface area contributed by atoms with E-state index in [1.54, 1.807) is 26.0 Å². The molecule has 19 heavy (non-hydrogen) atoms. The van der Waals surface area contributed by atoms with Crippen molar-refractivity contribution in [2.24, 2.45) is 11.8 Å². The number of aryl methyl sites for hydroxylation is 1. The average Bonchev–Trinajstić information content (AvgIpc) is 2.30. The molecule has 1 aliphatic rings. The number of carbonyl (C=O) groups excluding carboxylic acids is 1. The van der Waals surface area contributed by atoms with Gasteiger partial charge in [-0.15, -0.1) is 0 Å². The highest BCUT2D eigenvalue weighted by Gasteiger charge is 2.38. The largest absolute Gasteiger partial charge is 0.481 e. The zero-order valence-corrected chi connectivity index (χ0v) is 10.9. The summed E-state index contributed by atoms with van der Waals surface area (Å²) in [6, 6.07) is 4.71. The van der Waals surface area contributed by atoms with Crippen LogP contribution in [-0.4, -0.2) is 35.0 Å². The Bertz CT molecular complexity index is 523. The third-order valence-corrected chi connectivity index (χ3v) is 3.72. The van der Waals surface area contributed by atoms with Crippen molar-refractivity contribution in [3.05, 3.63) is 35.1 Å². The van der Waals surface area contributed by atoms with Gasteiger partial charge in [-0.2, -0.15) is 0 Å². The molecule has 0 aromatic heterocycles. The summed E-state index contributed by atoms with van der Waals surface area (Å²) in [5.41, 5.74) is 0.489. The van der Waals surface area contributed by atoms with Crippen molar-refractivity contribution in [3.8, 4) is 0 Å².